The van der Waals surface area contributed by atoms with E-state index in [1.54, 1.807) is 19.2 Å². The molecule has 0 unspecified atom stereocenters. The summed E-state index contributed by atoms with van der Waals surface area (Å²) in [6.45, 7) is 3.70. The Hall–Kier alpha value is -2.47. The minimum atomic E-state index is -0.113. The molecule has 1 aliphatic heterocycles. The number of hydrogen-bond donors (Lipinski definition) is 1. The molecule has 1 aromatic heterocycles. The second kappa shape index (κ2) is 9.35. The number of hydrogen-bond acceptors (Lipinski definition) is 3. The summed E-state index contributed by atoms with van der Waals surface area (Å²) in [5.41, 5.74) is 7.06. The van der Waals surface area contributed by atoms with Crippen LogP contribution in [0.2, 0.25) is 10.0 Å². The van der Waals surface area contributed by atoms with Crippen LogP contribution >= 0.6 is 23.2 Å². The van der Waals surface area contributed by atoms with E-state index in [4.69, 9.17) is 27.9 Å². The van der Waals surface area contributed by atoms with Gasteiger partial charge in [-0.1, -0.05) is 29.6 Å². The minimum absolute atomic E-state index is 0.113. The number of amides is 1. The molecule has 0 spiro atoms. The lowest BCUT2D eigenvalue weighted by molar-refractivity contribution is 0.0749. The molecule has 5 nitrogen and oxygen atoms in total. The van der Waals surface area contributed by atoms with Crippen molar-refractivity contribution in [3.8, 4) is 22.7 Å². The van der Waals surface area contributed by atoms with Gasteiger partial charge >= 0.3 is 0 Å². The molecule has 31 heavy (non-hydrogen) atoms. The molecule has 4 rings (SSSR count). The summed E-state index contributed by atoms with van der Waals surface area (Å²) in [5, 5.41) is 3.10. The molecule has 3 aromatic rings. The molecule has 0 aliphatic carbocycles. The molecular weight excluding hydrogens is 433 g/mol. The number of carbonyl (C=O) groups is 1. The number of methoxy groups -OCH3 is 1. The van der Waals surface area contributed by atoms with Gasteiger partial charge in [0.15, 0.2) is 0 Å². The topological polar surface area (TPSA) is 46.5 Å². The fraction of sp³-hybridized carbons (Fsp3) is 0.292. The SMILES string of the molecule is COc1ccc(-n2c(-c3ccc(Cl)cc3Cl)cc(C(=O)NN3CCCCC3)c2C)cc1. The highest BCUT2D eigenvalue weighted by atomic mass is 35.5. The number of ether oxygens (including phenoxy) is 1. The van der Waals surface area contributed by atoms with E-state index < -0.39 is 0 Å². The number of piperidine rings is 1. The Balaban J connectivity index is 1.79. The van der Waals surface area contributed by atoms with Crippen molar-refractivity contribution in [1.29, 1.82) is 0 Å². The van der Waals surface area contributed by atoms with Gasteiger partial charge in [-0.2, -0.15) is 0 Å². The first-order valence-electron chi connectivity index (χ1n) is 10.4. The molecule has 162 valence electrons. The van der Waals surface area contributed by atoms with Crippen molar-refractivity contribution in [2.45, 2.75) is 26.2 Å². The summed E-state index contributed by atoms with van der Waals surface area (Å²) in [6.07, 6.45) is 3.40. The molecule has 1 fully saturated rings. The summed E-state index contributed by atoms with van der Waals surface area (Å²) < 4.78 is 7.34. The number of nitrogens with one attached hydrogen (secondary N) is 1. The molecule has 0 bridgehead atoms. The van der Waals surface area contributed by atoms with Crippen molar-refractivity contribution in [2.75, 3.05) is 20.2 Å². The monoisotopic (exact) mass is 457 g/mol. The highest BCUT2D eigenvalue weighted by molar-refractivity contribution is 6.36. The second-order valence-electron chi connectivity index (χ2n) is 7.67. The maximum absolute atomic E-state index is 13.2. The van der Waals surface area contributed by atoms with Crippen LogP contribution in [0.15, 0.2) is 48.5 Å². The molecule has 0 saturated carbocycles. The summed E-state index contributed by atoms with van der Waals surface area (Å²) in [7, 11) is 1.64. The Labute approximate surface area is 192 Å². The van der Waals surface area contributed by atoms with Crippen molar-refractivity contribution in [2.24, 2.45) is 0 Å². The molecule has 0 atom stereocenters. The average molecular weight is 458 g/mol. The smallest absolute Gasteiger partial charge is 0.267 e. The Morgan fingerprint density at radius 1 is 1.00 bits per heavy atom. The molecular formula is C24H25Cl2N3O2. The number of carbonyl (C=O) groups excluding carboxylic acids is 1. The van der Waals surface area contributed by atoms with Gasteiger partial charge in [0.1, 0.15) is 5.75 Å². The van der Waals surface area contributed by atoms with Crippen molar-refractivity contribution in [1.82, 2.24) is 15.0 Å². The molecule has 2 aromatic carbocycles. The maximum Gasteiger partial charge on any atom is 0.267 e. The summed E-state index contributed by atoms with van der Waals surface area (Å²) in [5.74, 6) is 0.653. The summed E-state index contributed by atoms with van der Waals surface area (Å²) in [6, 6.07) is 15.0. The highest BCUT2D eigenvalue weighted by Crippen LogP contribution is 2.35. The number of nitrogens with zero attached hydrogens (tertiary/aromatic N) is 2. The number of halogens is 2. The Morgan fingerprint density at radius 2 is 1.71 bits per heavy atom. The number of aromatic nitrogens is 1. The lowest BCUT2D eigenvalue weighted by atomic mass is 10.1. The highest BCUT2D eigenvalue weighted by Gasteiger charge is 2.23. The molecule has 1 N–H and O–H groups in total. The quantitative estimate of drug-likeness (QED) is 0.518. The van der Waals surface area contributed by atoms with Crippen LogP contribution < -0.4 is 10.2 Å². The minimum Gasteiger partial charge on any atom is -0.497 e. The van der Waals surface area contributed by atoms with Gasteiger partial charge in [-0.05, 0) is 68.3 Å². The number of benzene rings is 2. The summed E-state index contributed by atoms with van der Waals surface area (Å²) >= 11 is 12.7. The molecule has 0 radical (unpaired) electrons. The zero-order chi connectivity index (χ0) is 22.0. The third-order valence-electron chi connectivity index (χ3n) is 5.65. The van der Waals surface area contributed by atoms with E-state index in [-0.39, 0.29) is 5.91 Å². The van der Waals surface area contributed by atoms with Gasteiger partial charge < -0.3 is 9.30 Å². The summed E-state index contributed by atoms with van der Waals surface area (Å²) in [4.78, 5) is 13.2. The zero-order valence-electron chi connectivity index (χ0n) is 17.6. The maximum atomic E-state index is 13.2. The Kier molecular flexibility index (Phi) is 6.56. The van der Waals surface area contributed by atoms with Crippen molar-refractivity contribution < 1.29 is 9.53 Å². The molecule has 7 heteroatoms. The molecule has 1 aliphatic rings. The zero-order valence-corrected chi connectivity index (χ0v) is 19.1. The van der Waals surface area contributed by atoms with Gasteiger partial charge in [0.2, 0.25) is 0 Å². The van der Waals surface area contributed by atoms with E-state index in [1.807, 2.05) is 52.9 Å². The van der Waals surface area contributed by atoms with Gasteiger partial charge in [0.05, 0.1) is 23.4 Å². The van der Waals surface area contributed by atoms with E-state index in [9.17, 15) is 4.79 Å². The third kappa shape index (κ3) is 4.59. The first-order valence-corrected chi connectivity index (χ1v) is 11.1. The fourth-order valence-electron chi connectivity index (χ4n) is 4.01. The number of rotatable bonds is 5. The number of hydrazine groups is 1. The fourth-order valence-corrected chi connectivity index (χ4v) is 4.51. The van der Waals surface area contributed by atoms with Gasteiger partial charge in [-0.15, -0.1) is 0 Å². The van der Waals surface area contributed by atoms with Crippen LogP contribution in [0.25, 0.3) is 16.9 Å². The first kappa shape index (κ1) is 21.8. The van der Waals surface area contributed by atoms with Gasteiger partial charge in [-0.3, -0.25) is 10.2 Å². The largest absolute Gasteiger partial charge is 0.497 e. The van der Waals surface area contributed by atoms with Crippen molar-refractivity contribution >= 4 is 29.1 Å². The van der Waals surface area contributed by atoms with Gasteiger partial charge in [0.25, 0.3) is 5.91 Å². The van der Waals surface area contributed by atoms with Crippen molar-refractivity contribution in [3.05, 3.63) is 69.8 Å². The Bertz CT molecular complexity index is 1090. The first-order chi connectivity index (χ1) is 15.0. The standard InChI is InChI=1S/C24H25Cl2N3O2/c1-16-21(24(30)27-28-12-4-3-5-13-28)15-23(20-11-6-17(25)14-22(20)26)29(16)18-7-9-19(31-2)10-8-18/h6-11,14-15H,3-5,12-13H2,1-2H3,(H,27,30). The van der Waals surface area contributed by atoms with Crippen LogP contribution in [-0.2, 0) is 0 Å². The van der Waals surface area contributed by atoms with Crippen LogP contribution in [-0.4, -0.2) is 35.7 Å². The molecule has 1 saturated heterocycles. The van der Waals surface area contributed by atoms with E-state index in [0.717, 1.165) is 54.3 Å². The normalized spacial score (nSPS) is 14.5. The van der Waals surface area contributed by atoms with Crippen LogP contribution in [0.3, 0.4) is 0 Å². The van der Waals surface area contributed by atoms with E-state index in [0.29, 0.717) is 15.6 Å². The van der Waals surface area contributed by atoms with Gasteiger partial charge in [-0.25, -0.2) is 5.01 Å². The van der Waals surface area contributed by atoms with E-state index in [2.05, 4.69) is 5.43 Å². The van der Waals surface area contributed by atoms with Crippen LogP contribution in [0.5, 0.6) is 5.75 Å². The van der Waals surface area contributed by atoms with Crippen LogP contribution in [0.1, 0.15) is 35.3 Å². The van der Waals surface area contributed by atoms with E-state index >= 15 is 0 Å². The van der Waals surface area contributed by atoms with Crippen LogP contribution in [0, 0.1) is 6.92 Å². The lowest BCUT2D eigenvalue weighted by Gasteiger charge is -2.26. The Morgan fingerprint density at radius 3 is 2.35 bits per heavy atom. The predicted octanol–water partition coefficient (Wildman–Crippen LogP) is 5.90. The van der Waals surface area contributed by atoms with Crippen LogP contribution in [0.4, 0.5) is 0 Å². The second-order valence-corrected chi connectivity index (χ2v) is 8.52. The lowest BCUT2D eigenvalue weighted by Crippen LogP contribution is -2.45. The van der Waals surface area contributed by atoms with E-state index in [1.165, 1.54) is 6.42 Å². The average Bonchev–Trinajstić information content (AvgIpc) is 3.11. The molecule has 2 heterocycles. The molecule has 1 amide bonds. The van der Waals surface area contributed by atoms with Gasteiger partial charge in [0, 0.05) is 35.1 Å². The third-order valence-corrected chi connectivity index (χ3v) is 6.19. The predicted molar refractivity (Wildman–Crippen MR) is 125 cm³/mol. The van der Waals surface area contributed by atoms with Crippen molar-refractivity contribution in [3.63, 3.8) is 0 Å².